The van der Waals surface area contributed by atoms with E-state index in [0.717, 1.165) is 0 Å². The number of halogens is 3. The monoisotopic (exact) mass is 400 g/mol. The first-order valence-corrected chi connectivity index (χ1v) is 6.46. The van der Waals surface area contributed by atoms with E-state index in [2.05, 4.69) is 15.9 Å². The van der Waals surface area contributed by atoms with Crippen molar-refractivity contribution in [3.8, 4) is 0 Å². The van der Waals surface area contributed by atoms with Gasteiger partial charge in [0.2, 0.25) is 0 Å². The van der Waals surface area contributed by atoms with E-state index in [9.17, 15) is 9.18 Å². The fraction of sp³-hybridized carbons (Fsp3) is 0.364. The number of benzene rings is 1. The Hall–Kier alpha value is -0.170. The fourth-order valence-electron chi connectivity index (χ4n) is 1.01. The van der Waals surface area contributed by atoms with Crippen LogP contribution in [0.5, 0.6) is 0 Å². The average Bonchev–Trinajstić information content (AvgIpc) is 2.10. The van der Waals surface area contributed by atoms with Crippen molar-refractivity contribution in [1.29, 1.82) is 0 Å². The topological polar surface area (TPSA) is 26.3 Å². The van der Waals surface area contributed by atoms with Gasteiger partial charge in [0.15, 0.2) is 5.82 Å². The molecule has 1 rings (SSSR count). The molecule has 0 radical (unpaired) electrons. The predicted octanol–water partition coefficient (Wildman–Crippen LogP) is 4.15. The van der Waals surface area contributed by atoms with E-state index >= 15 is 0 Å². The third-order valence-corrected chi connectivity index (χ3v) is 2.98. The third kappa shape index (κ3) is 3.69. The first kappa shape index (κ1) is 13.9. The molecule has 5 heteroatoms. The zero-order chi connectivity index (χ0) is 12.5. The molecule has 0 heterocycles. The van der Waals surface area contributed by atoms with Gasteiger partial charge in [-0.2, -0.15) is 0 Å². The second-order valence-corrected chi connectivity index (χ2v) is 6.27. The van der Waals surface area contributed by atoms with Gasteiger partial charge in [-0.3, -0.25) is 0 Å². The van der Waals surface area contributed by atoms with Crippen LogP contribution in [0.4, 0.5) is 4.39 Å². The molecule has 0 fully saturated rings. The van der Waals surface area contributed by atoms with E-state index < -0.39 is 11.6 Å². The van der Waals surface area contributed by atoms with Crippen LogP contribution in [0.2, 0.25) is 0 Å². The molecule has 0 aromatic heterocycles. The standard InChI is InChI=1S/C11H11BrFIO2/c1-11(2,3)16-10(15)6-4-7(12)9(13)8(14)5-6/h4-5H,1-3H3. The molecule has 0 bridgehead atoms. The van der Waals surface area contributed by atoms with Gasteiger partial charge >= 0.3 is 5.97 Å². The molecule has 1 aromatic rings. The molecular formula is C11H11BrFIO2. The second-order valence-electron chi connectivity index (χ2n) is 4.26. The highest BCUT2D eigenvalue weighted by atomic mass is 127. The SMILES string of the molecule is CC(C)(C)OC(=O)c1cc(Br)c(F)c(I)c1. The number of carbonyl (C=O) groups excluding carboxylic acids is 1. The van der Waals surface area contributed by atoms with Crippen LogP contribution in [0.15, 0.2) is 16.6 Å². The Morgan fingerprint density at radius 1 is 1.44 bits per heavy atom. The quantitative estimate of drug-likeness (QED) is 0.402. The normalized spacial score (nSPS) is 11.4. The molecular weight excluding hydrogens is 390 g/mol. The number of esters is 1. The minimum absolute atomic E-state index is 0.264. The third-order valence-electron chi connectivity index (χ3n) is 1.62. The fourth-order valence-corrected chi connectivity index (χ4v) is 2.47. The molecule has 0 aliphatic rings. The number of hydrogen-bond donors (Lipinski definition) is 0. The predicted molar refractivity (Wildman–Crippen MR) is 72.0 cm³/mol. The van der Waals surface area contributed by atoms with Crippen molar-refractivity contribution in [1.82, 2.24) is 0 Å². The van der Waals surface area contributed by atoms with E-state index in [-0.39, 0.29) is 10.3 Å². The number of ether oxygens (including phenoxy) is 1. The lowest BCUT2D eigenvalue weighted by atomic mass is 10.1. The lowest BCUT2D eigenvalue weighted by Crippen LogP contribution is -2.24. The highest BCUT2D eigenvalue weighted by Crippen LogP contribution is 2.24. The molecule has 2 nitrogen and oxygen atoms in total. The first-order valence-electron chi connectivity index (χ1n) is 4.58. The smallest absolute Gasteiger partial charge is 0.338 e. The Balaban J connectivity index is 3.02. The van der Waals surface area contributed by atoms with Gasteiger partial charge in [-0.1, -0.05) is 0 Å². The summed E-state index contributed by atoms with van der Waals surface area (Å²) < 4.78 is 19.1. The van der Waals surface area contributed by atoms with Gasteiger partial charge in [-0.15, -0.1) is 0 Å². The van der Waals surface area contributed by atoms with Crippen molar-refractivity contribution in [2.75, 3.05) is 0 Å². The van der Waals surface area contributed by atoms with Gasteiger partial charge in [0.25, 0.3) is 0 Å². The average molecular weight is 401 g/mol. The second kappa shape index (κ2) is 5.00. The highest BCUT2D eigenvalue weighted by molar-refractivity contribution is 14.1. The Labute approximate surface area is 116 Å². The van der Waals surface area contributed by atoms with Crippen LogP contribution >= 0.6 is 38.5 Å². The van der Waals surface area contributed by atoms with Gasteiger partial charge in [-0.25, -0.2) is 9.18 Å². The number of hydrogen-bond acceptors (Lipinski definition) is 2. The summed E-state index contributed by atoms with van der Waals surface area (Å²) in [6, 6.07) is 2.89. The van der Waals surface area contributed by atoms with Crippen LogP contribution in [0, 0.1) is 9.39 Å². The van der Waals surface area contributed by atoms with E-state index in [4.69, 9.17) is 4.74 Å². The molecule has 0 saturated carbocycles. The molecule has 16 heavy (non-hydrogen) atoms. The summed E-state index contributed by atoms with van der Waals surface area (Å²) >= 11 is 4.89. The minimum atomic E-state index is -0.552. The summed E-state index contributed by atoms with van der Waals surface area (Å²) in [5.74, 6) is -0.820. The summed E-state index contributed by atoms with van der Waals surface area (Å²) in [6.07, 6.45) is 0. The molecule has 88 valence electrons. The maximum Gasteiger partial charge on any atom is 0.338 e. The van der Waals surface area contributed by atoms with Crippen molar-refractivity contribution in [2.24, 2.45) is 0 Å². The van der Waals surface area contributed by atoms with Crippen LogP contribution in [0.3, 0.4) is 0 Å². The summed E-state index contributed by atoms with van der Waals surface area (Å²) in [4.78, 5) is 11.7. The summed E-state index contributed by atoms with van der Waals surface area (Å²) in [7, 11) is 0. The van der Waals surface area contributed by atoms with Gasteiger partial charge in [-0.05, 0) is 71.4 Å². The molecule has 0 amide bonds. The molecule has 0 unspecified atom stereocenters. The van der Waals surface area contributed by atoms with E-state index in [1.54, 1.807) is 20.8 Å². The summed E-state index contributed by atoms with van der Waals surface area (Å²) in [5, 5.41) is 0. The Kier molecular flexibility index (Phi) is 4.34. The van der Waals surface area contributed by atoms with E-state index in [1.807, 2.05) is 22.6 Å². The number of carbonyl (C=O) groups is 1. The van der Waals surface area contributed by atoms with Crippen molar-refractivity contribution >= 4 is 44.5 Å². The summed E-state index contributed by atoms with van der Waals surface area (Å²) in [6.45, 7) is 5.36. The van der Waals surface area contributed by atoms with Crippen molar-refractivity contribution in [3.05, 3.63) is 31.6 Å². The Morgan fingerprint density at radius 2 is 2.00 bits per heavy atom. The lowest BCUT2D eigenvalue weighted by molar-refractivity contribution is 0.00693. The number of rotatable bonds is 1. The lowest BCUT2D eigenvalue weighted by Gasteiger charge is -2.19. The van der Waals surface area contributed by atoms with Gasteiger partial charge in [0.05, 0.1) is 13.6 Å². The van der Waals surface area contributed by atoms with Gasteiger partial charge in [0.1, 0.15) is 5.60 Å². The van der Waals surface area contributed by atoms with Crippen molar-refractivity contribution < 1.29 is 13.9 Å². The van der Waals surface area contributed by atoms with Crippen molar-refractivity contribution in [2.45, 2.75) is 26.4 Å². The maximum atomic E-state index is 13.3. The largest absolute Gasteiger partial charge is 0.456 e. The molecule has 1 aromatic carbocycles. The minimum Gasteiger partial charge on any atom is -0.456 e. The van der Waals surface area contributed by atoms with Crippen LogP contribution < -0.4 is 0 Å². The zero-order valence-corrected chi connectivity index (χ0v) is 12.8. The van der Waals surface area contributed by atoms with E-state index in [0.29, 0.717) is 9.13 Å². The van der Waals surface area contributed by atoms with Crippen molar-refractivity contribution in [3.63, 3.8) is 0 Å². The zero-order valence-electron chi connectivity index (χ0n) is 9.11. The first-order chi connectivity index (χ1) is 7.20. The van der Waals surface area contributed by atoms with Crippen LogP contribution in [0.25, 0.3) is 0 Å². The molecule has 0 aliphatic carbocycles. The van der Waals surface area contributed by atoms with Crippen LogP contribution in [-0.2, 0) is 4.74 Å². The van der Waals surface area contributed by atoms with Gasteiger partial charge < -0.3 is 4.74 Å². The Morgan fingerprint density at radius 3 is 2.44 bits per heavy atom. The van der Waals surface area contributed by atoms with Gasteiger partial charge in [0, 0.05) is 0 Å². The molecule has 0 atom stereocenters. The molecule has 0 aliphatic heterocycles. The molecule has 0 spiro atoms. The molecule has 0 N–H and O–H groups in total. The Bertz CT molecular complexity index is 403. The van der Waals surface area contributed by atoms with E-state index in [1.165, 1.54) is 12.1 Å². The highest BCUT2D eigenvalue weighted by Gasteiger charge is 2.19. The molecule has 0 saturated heterocycles. The maximum absolute atomic E-state index is 13.3. The van der Waals surface area contributed by atoms with Crippen LogP contribution in [-0.4, -0.2) is 11.6 Å². The summed E-state index contributed by atoms with van der Waals surface area (Å²) in [5.41, 5.74) is -0.212. The van der Waals surface area contributed by atoms with Crippen LogP contribution in [0.1, 0.15) is 31.1 Å².